The van der Waals surface area contributed by atoms with E-state index >= 15 is 0 Å². The lowest BCUT2D eigenvalue weighted by molar-refractivity contribution is 0.325. The Kier molecular flexibility index (Phi) is 3.91. The first-order valence-electron chi connectivity index (χ1n) is 5.97. The number of hydrogen-bond donors (Lipinski definition) is 2. The Hall–Kier alpha value is -0.930. The second-order valence-electron chi connectivity index (χ2n) is 4.50. The Labute approximate surface area is 96.0 Å². The van der Waals surface area contributed by atoms with Crippen molar-refractivity contribution in [3.05, 3.63) is 35.6 Å². The maximum Gasteiger partial charge on any atom is 0.123 e. The fourth-order valence-corrected chi connectivity index (χ4v) is 2.53. The van der Waals surface area contributed by atoms with Gasteiger partial charge in [0.2, 0.25) is 0 Å². The molecule has 88 valence electrons. The molecule has 2 atom stereocenters. The van der Waals surface area contributed by atoms with E-state index < -0.39 is 0 Å². The van der Waals surface area contributed by atoms with Crippen LogP contribution in [0.1, 0.15) is 24.3 Å². The molecular formula is C13H19FN2. The van der Waals surface area contributed by atoms with Gasteiger partial charge in [-0.1, -0.05) is 12.1 Å². The van der Waals surface area contributed by atoms with Crippen molar-refractivity contribution in [2.75, 3.05) is 19.6 Å². The molecule has 0 aliphatic carbocycles. The predicted molar refractivity (Wildman–Crippen MR) is 63.8 cm³/mol. The van der Waals surface area contributed by atoms with Gasteiger partial charge in [-0.3, -0.25) is 0 Å². The summed E-state index contributed by atoms with van der Waals surface area (Å²) < 4.78 is 12.9. The highest BCUT2D eigenvalue weighted by molar-refractivity contribution is 5.22. The van der Waals surface area contributed by atoms with Crippen LogP contribution in [0.3, 0.4) is 0 Å². The highest BCUT2D eigenvalue weighted by Crippen LogP contribution is 2.28. The fourth-order valence-electron chi connectivity index (χ4n) is 2.53. The van der Waals surface area contributed by atoms with Gasteiger partial charge < -0.3 is 11.1 Å². The molecule has 1 aliphatic rings. The van der Waals surface area contributed by atoms with Crippen LogP contribution in [0, 0.1) is 11.7 Å². The molecule has 16 heavy (non-hydrogen) atoms. The van der Waals surface area contributed by atoms with E-state index in [1.54, 1.807) is 0 Å². The van der Waals surface area contributed by atoms with Gasteiger partial charge in [0, 0.05) is 5.92 Å². The molecule has 0 aromatic heterocycles. The predicted octanol–water partition coefficient (Wildman–Crippen LogP) is 1.87. The number of benzene rings is 1. The van der Waals surface area contributed by atoms with E-state index in [1.165, 1.54) is 25.0 Å². The zero-order valence-electron chi connectivity index (χ0n) is 9.45. The standard InChI is InChI=1S/C13H19FN2/c14-12-5-3-10(4-6-12)13(8-15)11-2-1-7-16-9-11/h3-6,11,13,16H,1-2,7-9,15H2. The molecule has 1 aromatic rings. The van der Waals surface area contributed by atoms with Gasteiger partial charge in [0.25, 0.3) is 0 Å². The molecular weight excluding hydrogens is 203 g/mol. The molecule has 2 rings (SSSR count). The van der Waals surface area contributed by atoms with Crippen LogP contribution in [0.4, 0.5) is 4.39 Å². The lowest BCUT2D eigenvalue weighted by atomic mass is 9.81. The quantitative estimate of drug-likeness (QED) is 0.819. The van der Waals surface area contributed by atoms with E-state index in [-0.39, 0.29) is 5.82 Å². The molecule has 0 saturated carbocycles. The SMILES string of the molecule is NCC(c1ccc(F)cc1)C1CCCNC1. The van der Waals surface area contributed by atoms with Gasteiger partial charge in [-0.2, -0.15) is 0 Å². The van der Waals surface area contributed by atoms with E-state index in [4.69, 9.17) is 5.73 Å². The average Bonchev–Trinajstić information content (AvgIpc) is 2.34. The summed E-state index contributed by atoms with van der Waals surface area (Å²) in [6.45, 7) is 2.77. The van der Waals surface area contributed by atoms with Crippen molar-refractivity contribution in [1.29, 1.82) is 0 Å². The first-order valence-corrected chi connectivity index (χ1v) is 5.97. The average molecular weight is 222 g/mol. The van der Waals surface area contributed by atoms with E-state index in [9.17, 15) is 4.39 Å². The molecule has 1 fully saturated rings. The number of nitrogens with two attached hydrogens (primary N) is 1. The van der Waals surface area contributed by atoms with Crippen molar-refractivity contribution >= 4 is 0 Å². The summed E-state index contributed by atoms with van der Waals surface area (Å²) in [5.74, 6) is 0.763. The summed E-state index contributed by atoms with van der Waals surface area (Å²) in [5, 5.41) is 3.40. The van der Waals surface area contributed by atoms with Gasteiger partial charge in [0.05, 0.1) is 0 Å². The third-order valence-corrected chi connectivity index (χ3v) is 3.46. The van der Waals surface area contributed by atoms with Crippen molar-refractivity contribution in [3.63, 3.8) is 0 Å². The van der Waals surface area contributed by atoms with Crippen LogP contribution in [0.15, 0.2) is 24.3 Å². The molecule has 1 saturated heterocycles. The number of piperidine rings is 1. The van der Waals surface area contributed by atoms with E-state index in [0.29, 0.717) is 18.4 Å². The molecule has 0 radical (unpaired) electrons. The first-order chi connectivity index (χ1) is 7.81. The third-order valence-electron chi connectivity index (χ3n) is 3.46. The number of rotatable bonds is 3. The van der Waals surface area contributed by atoms with Crippen LogP contribution in [-0.4, -0.2) is 19.6 Å². The minimum absolute atomic E-state index is 0.179. The lowest BCUT2D eigenvalue weighted by Crippen LogP contribution is -2.35. The molecule has 2 nitrogen and oxygen atoms in total. The Morgan fingerprint density at radius 1 is 1.38 bits per heavy atom. The maximum absolute atomic E-state index is 12.9. The minimum atomic E-state index is -0.179. The zero-order chi connectivity index (χ0) is 11.4. The molecule has 0 bridgehead atoms. The van der Waals surface area contributed by atoms with Gasteiger partial charge in [-0.25, -0.2) is 4.39 Å². The van der Waals surface area contributed by atoms with Gasteiger partial charge in [-0.15, -0.1) is 0 Å². The summed E-state index contributed by atoms with van der Waals surface area (Å²) in [4.78, 5) is 0. The summed E-state index contributed by atoms with van der Waals surface area (Å²) in [5.41, 5.74) is 7.02. The van der Waals surface area contributed by atoms with Crippen LogP contribution in [0.5, 0.6) is 0 Å². The van der Waals surface area contributed by atoms with E-state index in [0.717, 1.165) is 18.7 Å². The van der Waals surface area contributed by atoms with Gasteiger partial charge in [0.1, 0.15) is 5.82 Å². The molecule has 0 spiro atoms. The Morgan fingerprint density at radius 3 is 2.69 bits per heavy atom. The number of nitrogens with one attached hydrogen (secondary N) is 1. The van der Waals surface area contributed by atoms with Crippen LogP contribution < -0.4 is 11.1 Å². The molecule has 3 heteroatoms. The molecule has 0 amide bonds. The Morgan fingerprint density at radius 2 is 2.12 bits per heavy atom. The van der Waals surface area contributed by atoms with Crippen LogP contribution >= 0.6 is 0 Å². The second kappa shape index (κ2) is 5.41. The monoisotopic (exact) mass is 222 g/mol. The summed E-state index contributed by atoms with van der Waals surface area (Å²) >= 11 is 0. The van der Waals surface area contributed by atoms with Crippen LogP contribution in [0.2, 0.25) is 0 Å². The highest BCUT2D eigenvalue weighted by atomic mass is 19.1. The minimum Gasteiger partial charge on any atom is -0.330 e. The van der Waals surface area contributed by atoms with Crippen molar-refractivity contribution in [1.82, 2.24) is 5.32 Å². The van der Waals surface area contributed by atoms with E-state index in [2.05, 4.69) is 5.32 Å². The number of hydrogen-bond acceptors (Lipinski definition) is 2. The summed E-state index contributed by atoms with van der Waals surface area (Å²) in [7, 11) is 0. The first kappa shape index (κ1) is 11.6. The van der Waals surface area contributed by atoms with Gasteiger partial charge in [0.15, 0.2) is 0 Å². The lowest BCUT2D eigenvalue weighted by Gasteiger charge is -2.30. The number of halogens is 1. The van der Waals surface area contributed by atoms with Crippen molar-refractivity contribution in [2.45, 2.75) is 18.8 Å². The Balaban J connectivity index is 2.11. The summed E-state index contributed by atoms with van der Waals surface area (Å²) in [6.07, 6.45) is 2.43. The Bertz CT molecular complexity index is 317. The van der Waals surface area contributed by atoms with Crippen molar-refractivity contribution < 1.29 is 4.39 Å². The van der Waals surface area contributed by atoms with E-state index in [1.807, 2.05) is 12.1 Å². The van der Waals surface area contributed by atoms with Crippen LogP contribution in [-0.2, 0) is 0 Å². The van der Waals surface area contributed by atoms with Crippen molar-refractivity contribution in [2.24, 2.45) is 11.7 Å². The molecule has 1 heterocycles. The maximum atomic E-state index is 12.9. The molecule has 1 aromatic carbocycles. The third kappa shape index (κ3) is 2.60. The zero-order valence-corrected chi connectivity index (χ0v) is 9.45. The summed E-state index contributed by atoms with van der Waals surface area (Å²) in [6, 6.07) is 6.77. The normalized spacial score (nSPS) is 23.0. The van der Waals surface area contributed by atoms with Crippen LogP contribution in [0.25, 0.3) is 0 Å². The highest BCUT2D eigenvalue weighted by Gasteiger charge is 2.23. The van der Waals surface area contributed by atoms with Gasteiger partial charge in [-0.05, 0) is 56.1 Å². The molecule has 2 unspecified atom stereocenters. The topological polar surface area (TPSA) is 38.0 Å². The molecule has 3 N–H and O–H groups in total. The van der Waals surface area contributed by atoms with Gasteiger partial charge >= 0.3 is 0 Å². The fraction of sp³-hybridized carbons (Fsp3) is 0.538. The smallest absolute Gasteiger partial charge is 0.123 e. The largest absolute Gasteiger partial charge is 0.330 e. The van der Waals surface area contributed by atoms with Crippen molar-refractivity contribution in [3.8, 4) is 0 Å². The second-order valence-corrected chi connectivity index (χ2v) is 4.50. The molecule has 1 aliphatic heterocycles.